The molecule has 0 heterocycles. The summed E-state index contributed by atoms with van der Waals surface area (Å²) >= 11 is 11.5. The van der Waals surface area contributed by atoms with E-state index < -0.39 is 10.0 Å². The first-order chi connectivity index (χ1) is 9.37. The number of phenolic OH excluding ortho intramolecular Hbond substituents is 1. The van der Waals surface area contributed by atoms with Gasteiger partial charge in [-0.25, -0.2) is 8.42 Å². The Morgan fingerprint density at radius 1 is 1.05 bits per heavy atom. The quantitative estimate of drug-likeness (QED) is 0.840. The molecule has 0 spiro atoms. The van der Waals surface area contributed by atoms with E-state index in [0.29, 0.717) is 5.56 Å². The molecule has 0 aliphatic rings. The molecule has 0 atom stereocenters. The van der Waals surface area contributed by atoms with Gasteiger partial charge in [0, 0.05) is 0 Å². The molecular weight excluding hydrogens is 321 g/mol. The monoisotopic (exact) mass is 331 g/mol. The van der Waals surface area contributed by atoms with Gasteiger partial charge in [0.2, 0.25) is 10.0 Å². The SMILES string of the molecule is O=S(=O)(Cc1ccccc1)Nc1cc(Cl)c(O)c(Cl)c1. The van der Waals surface area contributed by atoms with Gasteiger partial charge in [-0.3, -0.25) is 4.72 Å². The summed E-state index contributed by atoms with van der Waals surface area (Å²) < 4.78 is 26.4. The van der Waals surface area contributed by atoms with Crippen LogP contribution in [0, 0.1) is 0 Å². The Balaban J connectivity index is 2.21. The van der Waals surface area contributed by atoms with Gasteiger partial charge >= 0.3 is 0 Å². The number of anilines is 1. The molecule has 0 fully saturated rings. The third kappa shape index (κ3) is 3.79. The van der Waals surface area contributed by atoms with E-state index >= 15 is 0 Å². The number of sulfonamides is 1. The molecule has 0 radical (unpaired) electrons. The molecule has 2 aromatic rings. The summed E-state index contributed by atoms with van der Waals surface area (Å²) in [4.78, 5) is 0. The lowest BCUT2D eigenvalue weighted by Crippen LogP contribution is -2.15. The number of halogens is 2. The van der Waals surface area contributed by atoms with Crippen LogP contribution >= 0.6 is 23.2 Å². The summed E-state index contributed by atoms with van der Waals surface area (Å²) in [6.45, 7) is 0. The molecule has 2 rings (SSSR count). The molecule has 7 heteroatoms. The largest absolute Gasteiger partial charge is 0.505 e. The van der Waals surface area contributed by atoms with E-state index in [1.807, 2.05) is 6.07 Å². The van der Waals surface area contributed by atoms with E-state index in [-0.39, 0.29) is 27.2 Å². The molecule has 0 saturated heterocycles. The average molecular weight is 332 g/mol. The summed E-state index contributed by atoms with van der Waals surface area (Å²) in [5.74, 6) is -0.441. The highest BCUT2D eigenvalue weighted by Crippen LogP contribution is 2.35. The number of hydrogen-bond donors (Lipinski definition) is 2. The predicted octanol–water partition coefficient (Wildman–Crippen LogP) is 3.64. The van der Waals surface area contributed by atoms with Crippen molar-refractivity contribution < 1.29 is 13.5 Å². The van der Waals surface area contributed by atoms with Crippen molar-refractivity contribution >= 4 is 38.9 Å². The van der Waals surface area contributed by atoms with Gasteiger partial charge < -0.3 is 5.11 Å². The van der Waals surface area contributed by atoms with Crippen LogP contribution in [0.2, 0.25) is 10.0 Å². The third-order valence-electron chi connectivity index (χ3n) is 2.49. The number of rotatable bonds is 4. The van der Waals surface area contributed by atoms with Gasteiger partial charge in [-0.05, 0) is 17.7 Å². The van der Waals surface area contributed by atoms with Gasteiger partial charge in [0.1, 0.15) is 0 Å². The molecule has 106 valence electrons. The van der Waals surface area contributed by atoms with E-state index in [9.17, 15) is 13.5 Å². The lowest BCUT2D eigenvalue weighted by molar-refractivity contribution is 0.476. The number of benzene rings is 2. The molecule has 0 saturated carbocycles. The lowest BCUT2D eigenvalue weighted by Gasteiger charge is -2.10. The normalized spacial score (nSPS) is 11.3. The second kappa shape index (κ2) is 5.91. The summed E-state index contributed by atoms with van der Waals surface area (Å²) in [5.41, 5.74) is 0.865. The molecule has 0 bridgehead atoms. The molecule has 0 aromatic heterocycles. The van der Waals surface area contributed by atoms with Crippen molar-refractivity contribution in [1.29, 1.82) is 0 Å². The zero-order chi connectivity index (χ0) is 14.8. The molecule has 0 amide bonds. The smallest absolute Gasteiger partial charge is 0.236 e. The summed E-state index contributed by atoms with van der Waals surface area (Å²) in [6.07, 6.45) is 0. The predicted molar refractivity (Wildman–Crippen MR) is 80.8 cm³/mol. The molecule has 2 N–H and O–H groups in total. The van der Waals surface area contributed by atoms with Gasteiger partial charge in [-0.1, -0.05) is 53.5 Å². The summed E-state index contributed by atoms with van der Waals surface area (Å²) in [6, 6.07) is 11.4. The highest BCUT2D eigenvalue weighted by Gasteiger charge is 2.14. The topological polar surface area (TPSA) is 66.4 Å². The van der Waals surface area contributed by atoms with E-state index in [2.05, 4.69) is 4.72 Å². The summed E-state index contributed by atoms with van der Waals surface area (Å²) in [5, 5.41) is 9.39. The minimum absolute atomic E-state index is 0.0186. The maximum atomic E-state index is 12.0. The van der Waals surface area contributed by atoms with Gasteiger partial charge in [0.15, 0.2) is 5.75 Å². The third-order valence-corrected chi connectivity index (χ3v) is 4.33. The van der Waals surface area contributed by atoms with Crippen LogP contribution < -0.4 is 4.72 Å². The van der Waals surface area contributed by atoms with Crippen molar-refractivity contribution in [1.82, 2.24) is 0 Å². The average Bonchev–Trinajstić information content (AvgIpc) is 2.36. The highest BCUT2D eigenvalue weighted by atomic mass is 35.5. The van der Waals surface area contributed by atoms with Crippen LogP contribution in [0.3, 0.4) is 0 Å². The van der Waals surface area contributed by atoms with E-state index in [1.54, 1.807) is 24.3 Å². The van der Waals surface area contributed by atoms with Crippen molar-refractivity contribution in [3.05, 3.63) is 58.1 Å². The lowest BCUT2D eigenvalue weighted by atomic mass is 10.2. The minimum Gasteiger partial charge on any atom is -0.505 e. The number of nitrogens with one attached hydrogen (secondary N) is 1. The van der Waals surface area contributed by atoms with E-state index in [1.165, 1.54) is 12.1 Å². The van der Waals surface area contributed by atoms with Crippen molar-refractivity contribution in [2.45, 2.75) is 5.75 Å². The van der Waals surface area contributed by atoms with E-state index in [0.717, 1.165) is 0 Å². The fourth-order valence-corrected chi connectivity index (χ4v) is 3.30. The molecular formula is C13H11Cl2NO3S. The Morgan fingerprint density at radius 2 is 1.60 bits per heavy atom. The standard InChI is InChI=1S/C13H11Cl2NO3S/c14-11-6-10(7-12(15)13(11)17)16-20(18,19)8-9-4-2-1-3-5-9/h1-7,16-17H,8H2. The number of aromatic hydroxyl groups is 1. The van der Waals surface area contributed by atoms with Gasteiger partial charge in [0.25, 0.3) is 0 Å². The van der Waals surface area contributed by atoms with Crippen molar-refractivity contribution in [2.75, 3.05) is 4.72 Å². The number of hydrogen-bond acceptors (Lipinski definition) is 3. The first kappa shape index (κ1) is 15.0. The Bertz CT molecular complexity index is 695. The second-order valence-electron chi connectivity index (χ2n) is 4.14. The van der Waals surface area contributed by atoms with Crippen LogP contribution in [0.25, 0.3) is 0 Å². The molecule has 4 nitrogen and oxygen atoms in total. The van der Waals surface area contributed by atoms with Crippen LogP contribution in [0.1, 0.15) is 5.56 Å². The Morgan fingerprint density at radius 3 is 2.15 bits per heavy atom. The highest BCUT2D eigenvalue weighted by molar-refractivity contribution is 7.91. The van der Waals surface area contributed by atoms with Crippen molar-refractivity contribution in [3.8, 4) is 5.75 Å². The molecule has 2 aromatic carbocycles. The van der Waals surface area contributed by atoms with Gasteiger partial charge in [-0.15, -0.1) is 0 Å². The van der Waals surface area contributed by atoms with Crippen LogP contribution in [-0.2, 0) is 15.8 Å². The van der Waals surface area contributed by atoms with Crippen molar-refractivity contribution in [3.63, 3.8) is 0 Å². The fourth-order valence-electron chi connectivity index (χ4n) is 1.63. The molecule has 0 aliphatic heterocycles. The second-order valence-corrected chi connectivity index (χ2v) is 6.67. The molecule has 0 aliphatic carbocycles. The number of phenols is 1. The van der Waals surface area contributed by atoms with Crippen LogP contribution in [-0.4, -0.2) is 13.5 Å². The van der Waals surface area contributed by atoms with E-state index in [4.69, 9.17) is 23.2 Å². The summed E-state index contributed by atoms with van der Waals surface area (Å²) in [7, 11) is -3.58. The molecule has 20 heavy (non-hydrogen) atoms. The van der Waals surface area contributed by atoms with Crippen LogP contribution in [0.15, 0.2) is 42.5 Å². The Hall–Kier alpha value is -1.43. The van der Waals surface area contributed by atoms with Crippen molar-refractivity contribution in [2.24, 2.45) is 0 Å². The minimum atomic E-state index is -3.58. The first-order valence-electron chi connectivity index (χ1n) is 5.60. The van der Waals surface area contributed by atoms with Crippen LogP contribution in [0.4, 0.5) is 5.69 Å². The first-order valence-corrected chi connectivity index (χ1v) is 8.00. The zero-order valence-corrected chi connectivity index (χ0v) is 12.5. The Labute approximate surface area is 127 Å². The Kier molecular flexibility index (Phi) is 4.42. The fraction of sp³-hybridized carbons (Fsp3) is 0.0769. The molecule has 0 unspecified atom stereocenters. The maximum absolute atomic E-state index is 12.0. The zero-order valence-electron chi connectivity index (χ0n) is 10.2. The van der Waals surface area contributed by atoms with Crippen LogP contribution in [0.5, 0.6) is 5.75 Å². The maximum Gasteiger partial charge on any atom is 0.236 e. The van der Waals surface area contributed by atoms with Gasteiger partial charge in [0.05, 0.1) is 21.5 Å². The van der Waals surface area contributed by atoms with Gasteiger partial charge in [-0.2, -0.15) is 0 Å².